The minimum atomic E-state index is -1.43. The lowest BCUT2D eigenvalue weighted by Crippen LogP contribution is -2.16. The van der Waals surface area contributed by atoms with Gasteiger partial charge in [0.05, 0.1) is 12.7 Å². The average Bonchev–Trinajstić information content (AvgIpc) is 2.14. The number of methoxy groups -OCH3 is 1. The van der Waals surface area contributed by atoms with E-state index in [0.29, 0.717) is 11.3 Å². The predicted octanol–water partition coefficient (Wildman–Crippen LogP) is 3.06. The first-order chi connectivity index (χ1) is 6.92. The fourth-order valence-corrected chi connectivity index (χ4v) is 1.54. The van der Waals surface area contributed by atoms with Crippen LogP contribution in [0.2, 0.25) is 19.6 Å². The van der Waals surface area contributed by atoms with Crippen LogP contribution < -0.4 is 4.74 Å². The van der Waals surface area contributed by atoms with E-state index in [1.165, 1.54) is 12.1 Å². The third-order valence-corrected chi connectivity index (χ3v) is 2.61. The Morgan fingerprint density at radius 2 is 1.93 bits per heavy atom. The van der Waals surface area contributed by atoms with Crippen molar-refractivity contribution in [3.63, 3.8) is 0 Å². The van der Waals surface area contributed by atoms with Gasteiger partial charge >= 0.3 is 0 Å². The van der Waals surface area contributed by atoms with Crippen LogP contribution in [-0.4, -0.2) is 15.2 Å². The number of hydrogen-bond donors (Lipinski definition) is 0. The summed E-state index contributed by atoms with van der Waals surface area (Å²) in [5.74, 6) is 3.34. The Hall–Kier alpha value is -1.27. The van der Waals surface area contributed by atoms with Crippen molar-refractivity contribution in [3.05, 3.63) is 29.6 Å². The van der Waals surface area contributed by atoms with Crippen LogP contribution in [0.4, 0.5) is 4.39 Å². The van der Waals surface area contributed by atoms with Crippen LogP contribution in [0.5, 0.6) is 5.75 Å². The third-order valence-electron chi connectivity index (χ3n) is 1.73. The minimum absolute atomic E-state index is 0.282. The quantitative estimate of drug-likeness (QED) is 0.524. The summed E-state index contributed by atoms with van der Waals surface area (Å²) in [7, 11) is 0.130. The summed E-state index contributed by atoms with van der Waals surface area (Å²) >= 11 is 0. The molecule has 0 amide bonds. The molecule has 0 fully saturated rings. The van der Waals surface area contributed by atoms with Crippen molar-refractivity contribution in [1.29, 1.82) is 0 Å². The van der Waals surface area contributed by atoms with Crippen LogP contribution in [0.1, 0.15) is 5.56 Å². The molecular weight excluding hydrogens is 207 g/mol. The van der Waals surface area contributed by atoms with E-state index >= 15 is 0 Å². The number of hydrogen-bond acceptors (Lipinski definition) is 1. The highest BCUT2D eigenvalue weighted by Crippen LogP contribution is 2.18. The maximum absolute atomic E-state index is 13.0. The van der Waals surface area contributed by atoms with E-state index in [0.717, 1.165) is 0 Å². The Bertz CT molecular complexity index is 410. The molecule has 0 aliphatic rings. The van der Waals surface area contributed by atoms with Crippen molar-refractivity contribution in [1.82, 2.24) is 0 Å². The van der Waals surface area contributed by atoms with Crippen molar-refractivity contribution in [2.24, 2.45) is 0 Å². The van der Waals surface area contributed by atoms with Crippen LogP contribution in [0.25, 0.3) is 0 Å². The maximum atomic E-state index is 13.0. The first-order valence-corrected chi connectivity index (χ1v) is 8.29. The molecule has 80 valence electrons. The van der Waals surface area contributed by atoms with Crippen LogP contribution >= 0.6 is 0 Å². The zero-order valence-electron chi connectivity index (χ0n) is 9.52. The predicted molar refractivity (Wildman–Crippen MR) is 63.2 cm³/mol. The topological polar surface area (TPSA) is 9.23 Å². The minimum Gasteiger partial charge on any atom is -0.495 e. The van der Waals surface area contributed by atoms with E-state index in [1.807, 2.05) is 0 Å². The number of ether oxygens (including phenoxy) is 1. The lowest BCUT2D eigenvalue weighted by atomic mass is 10.2. The Morgan fingerprint density at radius 3 is 2.47 bits per heavy atom. The van der Waals surface area contributed by atoms with Gasteiger partial charge < -0.3 is 4.74 Å². The summed E-state index contributed by atoms with van der Waals surface area (Å²) in [5.41, 5.74) is 3.81. The van der Waals surface area contributed by atoms with Gasteiger partial charge in [-0.15, -0.1) is 5.54 Å². The van der Waals surface area contributed by atoms with Gasteiger partial charge in [0.2, 0.25) is 0 Å². The fraction of sp³-hybridized carbons (Fsp3) is 0.333. The Morgan fingerprint density at radius 1 is 1.27 bits per heavy atom. The molecule has 0 aromatic heterocycles. The molecule has 0 spiro atoms. The first kappa shape index (κ1) is 11.8. The summed E-state index contributed by atoms with van der Waals surface area (Å²) < 4.78 is 18.1. The Kier molecular flexibility index (Phi) is 3.54. The molecule has 1 nitrogen and oxygen atoms in total. The van der Waals surface area contributed by atoms with Crippen molar-refractivity contribution in [3.8, 4) is 17.2 Å². The van der Waals surface area contributed by atoms with Gasteiger partial charge in [-0.3, -0.25) is 0 Å². The molecule has 1 rings (SSSR count). The van der Waals surface area contributed by atoms with Crippen LogP contribution in [0, 0.1) is 17.3 Å². The van der Waals surface area contributed by atoms with Crippen molar-refractivity contribution in [2.75, 3.05) is 7.11 Å². The lowest BCUT2D eigenvalue weighted by Gasteiger charge is -2.05. The van der Waals surface area contributed by atoms with Gasteiger partial charge in [-0.05, 0) is 18.2 Å². The van der Waals surface area contributed by atoms with Crippen molar-refractivity contribution >= 4 is 8.07 Å². The molecule has 0 unspecified atom stereocenters. The van der Waals surface area contributed by atoms with E-state index in [1.54, 1.807) is 13.2 Å². The molecule has 15 heavy (non-hydrogen) atoms. The molecule has 3 heteroatoms. The second-order valence-corrected chi connectivity index (χ2v) is 9.09. The second-order valence-electron chi connectivity index (χ2n) is 4.34. The second kappa shape index (κ2) is 4.50. The van der Waals surface area contributed by atoms with E-state index in [4.69, 9.17) is 4.74 Å². The first-order valence-electron chi connectivity index (χ1n) is 4.79. The van der Waals surface area contributed by atoms with E-state index < -0.39 is 8.07 Å². The molecule has 0 bridgehead atoms. The molecular formula is C12H15FOSi. The SMILES string of the molecule is COc1ccc(F)cc1C#C[Si](C)(C)C. The van der Waals surface area contributed by atoms with Crippen molar-refractivity contribution < 1.29 is 9.13 Å². The highest BCUT2D eigenvalue weighted by Gasteiger charge is 2.08. The molecule has 0 radical (unpaired) electrons. The molecule has 1 aromatic rings. The molecule has 1 aromatic carbocycles. The molecule has 0 heterocycles. The van der Waals surface area contributed by atoms with Gasteiger partial charge in [0, 0.05) is 0 Å². The van der Waals surface area contributed by atoms with Crippen LogP contribution in [-0.2, 0) is 0 Å². The lowest BCUT2D eigenvalue weighted by molar-refractivity contribution is 0.412. The number of rotatable bonds is 1. The monoisotopic (exact) mass is 222 g/mol. The fourth-order valence-electron chi connectivity index (χ4n) is 1.03. The number of benzene rings is 1. The highest BCUT2D eigenvalue weighted by atomic mass is 28.3. The normalized spacial score (nSPS) is 10.5. The van der Waals surface area contributed by atoms with Crippen molar-refractivity contribution in [2.45, 2.75) is 19.6 Å². The van der Waals surface area contributed by atoms with Gasteiger partial charge in [0.25, 0.3) is 0 Å². The Balaban J connectivity index is 3.11. The summed E-state index contributed by atoms with van der Waals surface area (Å²) in [6.07, 6.45) is 0. The van der Waals surface area contributed by atoms with E-state index in [9.17, 15) is 4.39 Å². The molecule has 0 saturated carbocycles. The Labute approximate surface area is 91.3 Å². The smallest absolute Gasteiger partial charge is 0.134 e. The van der Waals surface area contributed by atoms with Gasteiger partial charge in [-0.2, -0.15) is 0 Å². The van der Waals surface area contributed by atoms with Crippen LogP contribution in [0.15, 0.2) is 18.2 Å². The zero-order valence-corrected chi connectivity index (χ0v) is 10.5. The van der Waals surface area contributed by atoms with Gasteiger partial charge in [-0.1, -0.05) is 25.6 Å². The average molecular weight is 222 g/mol. The standard InChI is InChI=1S/C12H15FOSi/c1-14-12-6-5-11(13)9-10(12)7-8-15(2,3)4/h5-6,9H,1-4H3. The summed E-state index contributed by atoms with van der Waals surface area (Å²) in [6, 6.07) is 4.38. The third kappa shape index (κ3) is 3.76. The largest absolute Gasteiger partial charge is 0.495 e. The van der Waals surface area contributed by atoms with E-state index in [-0.39, 0.29) is 5.82 Å². The van der Waals surface area contributed by atoms with Gasteiger partial charge in [-0.25, -0.2) is 4.39 Å². The molecule has 0 saturated heterocycles. The molecule has 0 atom stereocenters. The summed E-state index contributed by atoms with van der Waals surface area (Å²) in [6.45, 7) is 6.43. The molecule has 0 aliphatic heterocycles. The number of halogens is 1. The maximum Gasteiger partial charge on any atom is 0.134 e. The highest BCUT2D eigenvalue weighted by molar-refractivity contribution is 6.83. The van der Waals surface area contributed by atoms with Gasteiger partial charge in [0.15, 0.2) is 0 Å². The van der Waals surface area contributed by atoms with Gasteiger partial charge in [0.1, 0.15) is 19.6 Å². The van der Waals surface area contributed by atoms with E-state index in [2.05, 4.69) is 31.1 Å². The van der Waals surface area contributed by atoms with Crippen LogP contribution in [0.3, 0.4) is 0 Å². The summed E-state index contributed by atoms with van der Waals surface area (Å²) in [5, 5.41) is 0. The zero-order chi connectivity index (χ0) is 11.5. The molecule has 0 N–H and O–H groups in total. The summed E-state index contributed by atoms with van der Waals surface area (Å²) in [4.78, 5) is 0. The molecule has 0 aliphatic carbocycles.